The van der Waals surface area contributed by atoms with Crippen LogP contribution >= 0.6 is 11.3 Å². The predicted molar refractivity (Wildman–Crippen MR) is 121 cm³/mol. The highest BCUT2D eigenvalue weighted by Crippen LogP contribution is 2.35. The van der Waals surface area contributed by atoms with E-state index < -0.39 is 0 Å². The molecule has 0 aliphatic carbocycles. The third-order valence-corrected chi connectivity index (χ3v) is 6.79. The van der Waals surface area contributed by atoms with Crippen LogP contribution in [0.5, 0.6) is 0 Å². The van der Waals surface area contributed by atoms with Gasteiger partial charge in [-0.2, -0.15) is 0 Å². The number of fused-ring (bicyclic) bond motifs is 2. The van der Waals surface area contributed by atoms with Gasteiger partial charge in [-0.3, -0.25) is 9.97 Å². The molecule has 0 amide bonds. The summed E-state index contributed by atoms with van der Waals surface area (Å²) in [5, 5.41) is 7.71. The highest BCUT2D eigenvalue weighted by Gasteiger charge is 2.19. The van der Waals surface area contributed by atoms with Crippen molar-refractivity contribution in [3.63, 3.8) is 0 Å². The largest absolute Gasteiger partial charge is 0.352 e. The Morgan fingerprint density at radius 2 is 1.90 bits per heavy atom. The van der Waals surface area contributed by atoms with Crippen LogP contribution in [0.1, 0.15) is 24.5 Å². The van der Waals surface area contributed by atoms with Crippen molar-refractivity contribution in [3.05, 3.63) is 60.3 Å². The standard InChI is InChI=1S/C23H20N6S/c1-2-22(30-7-1)17-10-25-11-21-15(17)8-19(29-21)23-16-9-18(14-3-5-24-6-4-14)26-12-20(16)27-13-28-23/h1-2,7-14,24,29H,3-6H2. The van der Waals surface area contributed by atoms with E-state index in [9.17, 15) is 0 Å². The molecule has 1 saturated heterocycles. The van der Waals surface area contributed by atoms with Gasteiger partial charge in [-0.1, -0.05) is 6.07 Å². The Hall–Kier alpha value is -3.16. The molecule has 1 aliphatic rings. The Kier molecular flexibility index (Phi) is 4.28. The lowest BCUT2D eigenvalue weighted by molar-refractivity contribution is 0.453. The van der Waals surface area contributed by atoms with E-state index in [0.717, 1.165) is 70.4 Å². The van der Waals surface area contributed by atoms with Crippen molar-refractivity contribution >= 4 is 33.1 Å². The van der Waals surface area contributed by atoms with Crippen LogP contribution in [0.4, 0.5) is 0 Å². The molecule has 6 rings (SSSR count). The van der Waals surface area contributed by atoms with Gasteiger partial charge in [-0.05, 0) is 49.5 Å². The van der Waals surface area contributed by atoms with Crippen LogP contribution in [0.25, 0.3) is 43.6 Å². The second kappa shape index (κ2) is 7.27. The smallest absolute Gasteiger partial charge is 0.116 e. The van der Waals surface area contributed by atoms with Crippen LogP contribution in [0.3, 0.4) is 0 Å². The van der Waals surface area contributed by atoms with Gasteiger partial charge in [0.25, 0.3) is 0 Å². The number of aromatic amines is 1. The fourth-order valence-corrected chi connectivity index (χ4v) is 5.09. The van der Waals surface area contributed by atoms with E-state index in [1.165, 1.54) is 4.88 Å². The summed E-state index contributed by atoms with van der Waals surface area (Å²) in [6.07, 6.45) is 9.55. The zero-order valence-electron chi connectivity index (χ0n) is 16.3. The molecule has 30 heavy (non-hydrogen) atoms. The zero-order chi connectivity index (χ0) is 19.9. The molecule has 1 aliphatic heterocycles. The van der Waals surface area contributed by atoms with Gasteiger partial charge >= 0.3 is 0 Å². The average molecular weight is 413 g/mol. The number of pyridine rings is 2. The molecule has 0 radical (unpaired) electrons. The summed E-state index contributed by atoms with van der Waals surface area (Å²) in [4.78, 5) is 23.0. The van der Waals surface area contributed by atoms with Crippen molar-refractivity contribution in [1.82, 2.24) is 30.2 Å². The van der Waals surface area contributed by atoms with Crippen LogP contribution < -0.4 is 5.32 Å². The van der Waals surface area contributed by atoms with Gasteiger partial charge < -0.3 is 10.3 Å². The molecule has 0 spiro atoms. The highest BCUT2D eigenvalue weighted by molar-refractivity contribution is 7.13. The lowest BCUT2D eigenvalue weighted by Gasteiger charge is -2.22. The quantitative estimate of drug-likeness (QED) is 0.446. The normalized spacial score (nSPS) is 15.2. The molecule has 0 saturated carbocycles. The molecule has 5 aromatic heterocycles. The van der Waals surface area contributed by atoms with E-state index in [1.807, 2.05) is 18.6 Å². The Morgan fingerprint density at radius 3 is 2.77 bits per heavy atom. The molecule has 0 unspecified atom stereocenters. The fourth-order valence-electron chi connectivity index (χ4n) is 4.34. The number of aromatic nitrogens is 5. The molecule has 0 atom stereocenters. The first-order valence-corrected chi connectivity index (χ1v) is 11.1. The molecule has 6 heterocycles. The number of nitrogens with one attached hydrogen (secondary N) is 2. The summed E-state index contributed by atoms with van der Waals surface area (Å²) in [6, 6.07) is 8.56. The number of piperidine rings is 1. The Labute approximate surface area is 177 Å². The maximum absolute atomic E-state index is 4.72. The average Bonchev–Trinajstić information content (AvgIpc) is 3.49. The van der Waals surface area contributed by atoms with Gasteiger partial charge in [0.2, 0.25) is 0 Å². The first-order valence-electron chi connectivity index (χ1n) is 10.2. The van der Waals surface area contributed by atoms with Crippen molar-refractivity contribution in [2.45, 2.75) is 18.8 Å². The molecular formula is C23H20N6S. The van der Waals surface area contributed by atoms with Crippen molar-refractivity contribution < 1.29 is 0 Å². The van der Waals surface area contributed by atoms with Crippen molar-refractivity contribution in [1.29, 1.82) is 0 Å². The summed E-state index contributed by atoms with van der Waals surface area (Å²) in [6.45, 7) is 2.09. The van der Waals surface area contributed by atoms with E-state index in [-0.39, 0.29) is 0 Å². The Balaban J connectivity index is 1.50. The summed E-state index contributed by atoms with van der Waals surface area (Å²) in [5.74, 6) is 0.487. The maximum atomic E-state index is 4.72. The Bertz CT molecular complexity index is 1330. The van der Waals surface area contributed by atoms with E-state index in [2.05, 4.69) is 54.9 Å². The first-order chi connectivity index (χ1) is 14.9. The fraction of sp³-hybridized carbons (Fsp3) is 0.217. The van der Waals surface area contributed by atoms with Crippen LogP contribution in [0.15, 0.2) is 54.6 Å². The van der Waals surface area contributed by atoms with Crippen LogP contribution in [-0.4, -0.2) is 38.0 Å². The van der Waals surface area contributed by atoms with Gasteiger partial charge in [0.1, 0.15) is 6.33 Å². The third kappa shape index (κ3) is 2.98. The monoisotopic (exact) mass is 412 g/mol. The van der Waals surface area contributed by atoms with Gasteiger partial charge in [0.15, 0.2) is 0 Å². The van der Waals surface area contributed by atoms with Gasteiger partial charge in [0, 0.05) is 39.0 Å². The number of hydrogen-bond acceptors (Lipinski definition) is 6. The molecule has 7 heteroatoms. The summed E-state index contributed by atoms with van der Waals surface area (Å²) in [7, 11) is 0. The topological polar surface area (TPSA) is 79.4 Å². The molecule has 0 bridgehead atoms. The minimum atomic E-state index is 0.487. The third-order valence-electron chi connectivity index (χ3n) is 5.89. The van der Waals surface area contributed by atoms with E-state index >= 15 is 0 Å². The van der Waals surface area contributed by atoms with Gasteiger partial charge in [-0.25, -0.2) is 9.97 Å². The molecule has 5 aromatic rings. The van der Waals surface area contributed by atoms with Crippen LogP contribution in [-0.2, 0) is 0 Å². The van der Waals surface area contributed by atoms with Crippen LogP contribution in [0.2, 0.25) is 0 Å². The Morgan fingerprint density at radius 1 is 0.967 bits per heavy atom. The molecule has 2 N–H and O–H groups in total. The number of thiophene rings is 1. The predicted octanol–water partition coefficient (Wildman–Crippen LogP) is 4.76. The second-order valence-corrected chi connectivity index (χ2v) is 8.63. The number of rotatable bonds is 3. The minimum Gasteiger partial charge on any atom is -0.352 e. The number of nitrogens with zero attached hydrogens (tertiary/aromatic N) is 4. The van der Waals surface area contributed by atoms with Crippen LogP contribution in [0, 0.1) is 0 Å². The lowest BCUT2D eigenvalue weighted by Crippen LogP contribution is -2.27. The first kappa shape index (κ1) is 17.7. The lowest BCUT2D eigenvalue weighted by atomic mass is 9.93. The van der Waals surface area contributed by atoms with Crippen molar-refractivity contribution in [2.24, 2.45) is 0 Å². The zero-order valence-corrected chi connectivity index (χ0v) is 17.1. The van der Waals surface area contributed by atoms with Crippen molar-refractivity contribution in [2.75, 3.05) is 13.1 Å². The minimum absolute atomic E-state index is 0.487. The highest BCUT2D eigenvalue weighted by atomic mass is 32.1. The van der Waals surface area contributed by atoms with Gasteiger partial charge in [-0.15, -0.1) is 11.3 Å². The summed E-state index contributed by atoms with van der Waals surface area (Å²) < 4.78 is 0. The van der Waals surface area contributed by atoms with Crippen molar-refractivity contribution in [3.8, 4) is 21.8 Å². The second-order valence-electron chi connectivity index (χ2n) is 7.68. The van der Waals surface area contributed by atoms with E-state index in [4.69, 9.17) is 4.98 Å². The molecule has 1 fully saturated rings. The SMILES string of the molecule is c1csc(-c2cncc3[nH]c(-c4ncnc5cnc(C6CCNCC6)cc45)cc23)c1. The molecular weight excluding hydrogens is 392 g/mol. The van der Waals surface area contributed by atoms with E-state index in [0.29, 0.717) is 5.92 Å². The number of hydrogen-bond donors (Lipinski definition) is 2. The summed E-state index contributed by atoms with van der Waals surface area (Å²) in [5.41, 5.74) is 6.04. The molecule has 0 aromatic carbocycles. The van der Waals surface area contributed by atoms with Gasteiger partial charge in [0.05, 0.1) is 34.8 Å². The number of H-pyrrole nitrogens is 1. The summed E-state index contributed by atoms with van der Waals surface area (Å²) >= 11 is 1.72. The molecule has 148 valence electrons. The molecule has 6 nitrogen and oxygen atoms in total. The maximum Gasteiger partial charge on any atom is 0.116 e. The van der Waals surface area contributed by atoms with E-state index in [1.54, 1.807) is 17.7 Å².